The van der Waals surface area contributed by atoms with Gasteiger partial charge in [0.25, 0.3) is 0 Å². The van der Waals surface area contributed by atoms with Gasteiger partial charge in [0, 0.05) is 5.56 Å². The fourth-order valence-electron chi connectivity index (χ4n) is 1.68. The van der Waals surface area contributed by atoms with Crippen LogP contribution in [0.25, 0.3) is 6.08 Å². The van der Waals surface area contributed by atoms with E-state index in [1.807, 2.05) is 38.4 Å². The Hall–Kier alpha value is -1.65. The Kier molecular flexibility index (Phi) is 5.58. The first kappa shape index (κ1) is 15.3. The van der Waals surface area contributed by atoms with Crippen molar-refractivity contribution in [1.82, 2.24) is 0 Å². The molecule has 4 nitrogen and oxygen atoms in total. The number of hydrogen-bond donors (Lipinski definition) is 1. The molecule has 0 atom stereocenters. The summed E-state index contributed by atoms with van der Waals surface area (Å²) in [5.74, 6) is -0.771. The molecule has 0 saturated heterocycles. The topological polar surface area (TPSA) is 67.3 Å². The zero-order valence-electron chi connectivity index (χ0n) is 10.3. The average Bonchev–Trinajstić information content (AvgIpc) is 2.16. The fourth-order valence-corrected chi connectivity index (χ4v) is 1.68. The second kappa shape index (κ2) is 6.18. The van der Waals surface area contributed by atoms with E-state index >= 15 is 0 Å². The van der Waals surface area contributed by atoms with Gasteiger partial charge in [-0.05, 0) is 5.56 Å². The molecule has 4 heteroatoms. The van der Waals surface area contributed by atoms with Gasteiger partial charge in [0.05, 0.1) is 14.1 Å². The molecule has 0 aromatic heterocycles. The number of rotatable bonds is 5. The lowest BCUT2D eigenvalue weighted by atomic mass is 10.1. The molecule has 0 spiro atoms. The van der Waals surface area contributed by atoms with Crippen LogP contribution in [0.1, 0.15) is 11.1 Å². The zero-order valence-corrected chi connectivity index (χ0v) is 10.3. The van der Waals surface area contributed by atoms with Gasteiger partial charge in [-0.3, -0.25) is 0 Å². The van der Waals surface area contributed by atoms with Crippen molar-refractivity contribution in [3.8, 4) is 0 Å². The van der Waals surface area contributed by atoms with Crippen LogP contribution in [-0.2, 0) is 11.3 Å². The van der Waals surface area contributed by atoms with E-state index in [0.29, 0.717) is 11.0 Å². The van der Waals surface area contributed by atoms with Gasteiger partial charge in [-0.2, -0.15) is 0 Å². The van der Waals surface area contributed by atoms with E-state index < -0.39 is 5.97 Å². The van der Waals surface area contributed by atoms with Crippen LogP contribution < -0.4 is 0 Å². The zero-order chi connectivity index (χ0) is 12.2. The molecule has 0 amide bonds. The number of carboxylic acid groups (broad SMARTS) is 1. The van der Waals surface area contributed by atoms with E-state index in [-0.39, 0.29) is 12.0 Å². The second-order valence-electron chi connectivity index (χ2n) is 4.59. The molecule has 0 unspecified atom stereocenters. The first-order chi connectivity index (χ1) is 7.43. The normalized spacial score (nSPS) is 10.5. The minimum Gasteiger partial charge on any atom is -0.870 e. The summed E-state index contributed by atoms with van der Waals surface area (Å²) >= 11 is 0. The van der Waals surface area contributed by atoms with Crippen LogP contribution in [0.2, 0.25) is 0 Å². The maximum atomic E-state index is 10.7. The lowest BCUT2D eigenvalue weighted by Crippen LogP contribution is -2.42. The summed E-state index contributed by atoms with van der Waals surface area (Å²) in [5.41, 5.74) is 2.21. The van der Waals surface area contributed by atoms with Crippen LogP contribution in [0.4, 0.5) is 0 Å². The number of likely N-dealkylation sites (N-methyl/N-ethyl adjacent to an activating group) is 1. The number of hydrogen-bond acceptors (Lipinski definition) is 2. The van der Waals surface area contributed by atoms with Crippen molar-refractivity contribution >= 4 is 12.0 Å². The van der Waals surface area contributed by atoms with Crippen molar-refractivity contribution in [2.75, 3.05) is 20.6 Å². The van der Waals surface area contributed by atoms with Crippen LogP contribution in [0, 0.1) is 0 Å². The summed E-state index contributed by atoms with van der Waals surface area (Å²) in [7, 11) is 3.82. The Morgan fingerprint density at radius 3 is 2.29 bits per heavy atom. The third kappa shape index (κ3) is 5.29. The molecule has 0 aliphatic rings. The van der Waals surface area contributed by atoms with E-state index in [1.54, 1.807) is 6.08 Å². The largest absolute Gasteiger partial charge is 0.870 e. The third-order valence-electron chi connectivity index (χ3n) is 2.39. The van der Waals surface area contributed by atoms with E-state index in [9.17, 15) is 4.79 Å². The van der Waals surface area contributed by atoms with Crippen LogP contribution in [0.5, 0.6) is 0 Å². The van der Waals surface area contributed by atoms with Crippen LogP contribution in [-0.4, -0.2) is 41.7 Å². The lowest BCUT2D eigenvalue weighted by molar-refractivity contribution is -0.896. The Morgan fingerprint density at radius 2 is 1.88 bits per heavy atom. The Bertz CT molecular complexity index is 382. The molecular weight excluding hydrogens is 218 g/mol. The number of carboxylic acids is 1. The highest BCUT2D eigenvalue weighted by molar-refractivity contribution is 5.67. The second-order valence-corrected chi connectivity index (χ2v) is 4.59. The Labute approximate surface area is 102 Å². The van der Waals surface area contributed by atoms with Crippen molar-refractivity contribution in [2.45, 2.75) is 6.54 Å². The summed E-state index contributed by atoms with van der Waals surface area (Å²) in [6.45, 7) is 4.53. The molecule has 0 fully saturated rings. The lowest BCUT2D eigenvalue weighted by Gasteiger charge is -2.27. The number of quaternary nitrogens is 1. The van der Waals surface area contributed by atoms with Crippen molar-refractivity contribution in [2.24, 2.45) is 0 Å². The molecule has 17 heavy (non-hydrogen) atoms. The smallest absolute Gasteiger partial charge is 0.359 e. The van der Waals surface area contributed by atoms with Gasteiger partial charge in [-0.15, -0.1) is 0 Å². The predicted molar refractivity (Wildman–Crippen MR) is 66.8 cm³/mol. The highest BCUT2D eigenvalue weighted by Gasteiger charge is 2.19. The van der Waals surface area contributed by atoms with Gasteiger partial charge in [-0.25, -0.2) is 4.79 Å². The highest BCUT2D eigenvalue weighted by Crippen LogP contribution is 2.11. The molecule has 2 N–H and O–H groups in total. The van der Waals surface area contributed by atoms with E-state index in [1.165, 1.54) is 0 Å². The molecule has 94 valence electrons. The third-order valence-corrected chi connectivity index (χ3v) is 2.39. The van der Waals surface area contributed by atoms with E-state index in [2.05, 4.69) is 6.58 Å². The SMILES string of the molecule is C=Cc1ccc(C[N+](C)(C)CC(=O)O)cc1.[OH-]. The van der Waals surface area contributed by atoms with Gasteiger partial charge in [0.1, 0.15) is 6.54 Å². The predicted octanol–water partition coefficient (Wildman–Crippen LogP) is 1.81. The highest BCUT2D eigenvalue weighted by atomic mass is 16.4. The number of nitrogens with zero attached hydrogens (tertiary/aromatic N) is 1. The first-order valence-electron chi connectivity index (χ1n) is 5.18. The standard InChI is InChI=1S/C13H17NO2.H2O/c1-4-11-5-7-12(8-6-11)9-14(2,3)10-13(15)16;/h4-8H,1,9-10H2,2-3H3;1H2. The molecule has 0 aliphatic carbocycles. The maximum Gasteiger partial charge on any atom is 0.359 e. The summed E-state index contributed by atoms with van der Waals surface area (Å²) in [6, 6.07) is 8.00. The van der Waals surface area contributed by atoms with Crippen molar-refractivity contribution < 1.29 is 19.9 Å². The Morgan fingerprint density at radius 1 is 1.35 bits per heavy atom. The summed E-state index contributed by atoms with van der Waals surface area (Å²) in [4.78, 5) is 10.7. The van der Waals surface area contributed by atoms with Crippen LogP contribution in [0.15, 0.2) is 30.8 Å². The van der Waals surface area contributed by atoms with Crippen molar-refractivity contribution in [3.63, 3.8) is 0 Å². The molecule has 0 bridgehead atoms. The molecule has 1 aromatic rings. The number of benzene rings is 1. The van der Waals surface area contributed by atoms with Gasteiger partial charge in [0.15, 0.2) is 6.54 Å². The molecule has 0 aliphatic heterocycles. The molecule has 0 radical (unpaired) electrons. The summed E-state index contributed by atoms with van der Waals surface area (Å²) in [5, 5.41) is 8.78. The molecule has 1 aromatic carbocycles. The number of carbonyl (C=O) groups is 1. The fraction of sp³-hybridized carbons (Fsp3) is 0.308. The molecule has 0 heterocycles. The van der Waals surface area contributed by atoms with Gasteiger partial charge < -0.3 is 15.1 Å². The van der Waals surface area contributed by atoms with Crippen molar-refractivity contribution in [1.29, 1.82) is 0 Å². The number of aliphatic carboxylic acids is 1. The molecular formula is C13H19NO3. The minimum absolute atomic E-state index is 0. The Balaban J connectivity index is 0.00000256. The summed E-state index contributed by atoms with van der Waals surface area (Å²) < 4.78 is 0.447. The van der Waals surface area contributed by atoms with Crippen LogP contribution in [0.3, 0.4) is 0 Å². The quantitative estimate of drug-likeness (QED) is 0.794. The van der Waals surface area contributed by atoms with Crippen molar-refractivity contribution in [3.05, 3.63) is 42.0 Å². The molecule has 1 rings (SSSR count). The van der Waals surface area contributed by atoms with Gasteiger partial charge in [-0.1, -0.05) is 36.9 Å². The average molecular weight is 237 g/mol. The minimum atomic E-state index is -0.771. The van der Waals surface area contributed by atoms with Gasteiger partial charge >= 0.3 is 5.97 Å². The van der Waals surface area contributed by atoms with E-state index in [4.69, 9.17) is 5.11 Å². The molecule has 0 saturated carbocycles. The van der Waals surface area contributed by atoms with Gasteiger partial charge in [0.2, 0.25) is 0 Å². The summed E-state index contributed by atoms with van der Waals surface area (Å²) in [6.07, 6.45) is 1.79. The van der Waals surface area contributed by atoms with Crippen LogP contribution >= 0.6 is 0 Å². The first-order valence-corrected chi connectivity index (χ1v) is 5.18. The maximum absolute atomic E-state index is 10.7. The monoisotopic (exact) mass is 237 g/mol. The van der Waals surface area contributed by atoms with E-state index in [0.717, 1.165) is 11.1 Å².